The smallest absolute Gasteiger partial charge is 0.348 e. The minimum atomic E-state index is -0.930. The van der Waals surface area contributed by atoms with Crippen LogP contribution < -0.4 is 0 Å². The number of thiophene rings is 1. The van der Waals surface area contributed by atoms with E-state index in [1.165, 1.54) is 11.3 Å². The molecule has 0 radical (unpaired) electrons. The van der Waals surface area contributed by atoms with Gasteiger partial charge in [0.25, 0.3) is 0 Å². The highest BCUT2D eigenvalue weighted by molar-refractivity contribution is 7.12. The van der Waals surface area contributed by atoms with Crippen LogP contribution in [0.4, 0.5) is 5.69 Å². The Morgan fingerprint density at radius 3 is 2.92 bits per heavy atom. The number of hydrogen-bond donors (Lipinski definition) is 1. The Labute approximate surface area is 80.1 Å². The summed E-state index contributed by atoms with van der Waals surface area (Å²) in [7, 11) is 3.66. The molecule has 1 heterocycles. The quantitative estimate of drug-likeness (QED) is 0.593. The van der Waals surface area contributed by atoms with Crippen LogP contribution in [-0.4, -0.2) is 36.4 Å². The lowest BCUT2D eigenvalue weighted by Crippen LogP contribution is -2.07. The first-order valence-electron chi connectivity index (χ1n) is 3.62. The summed E-state index contributed by atoms with van der Waals surface area (Å²) in [4.78, 5) is 16.7. The normalized spacial score (nSPS) is 10.6. The number of aliphatic imine (C=N–C) groups is 1. The third kappa shape index (κ3) is 2.55. The molecule has 5 heteroatoms. The summed E-state index contributed by atoms with van der Waals surface area (Å²) in [5, 5.41) is 10.5. The molecule has 0 aliphatic carbocycles. The third-order valence-electron chi connectivity index (χ3n) is 1.27. The van der Waals surface area contributed by atoms with E-state index in [0.717, 1.165) is 0 Å². The summed E-state index contributed by atoms with van der Waals surface area (Å²) in [6.45, 7) is 0. The average molecular weight is 198 g/mol. The van der Waals surface area contributed by atoms with E-state index in [-0.39, 0.29) is 4.88 Å². The second kappa shape index (κ2) is 4.04. The molecule has 70 valence electrons. The Hall–Kier alpha value is -1.36. The predicted octanol–water partition coefficient (Wildman–Crippen LogP) is 1.67. The zero-order valence-corrected chi connectivity index (χ0v) is 8.21. The summed E-state index contributed by atoms with van der Waals surface area (Å²) in [6, 6.07) is 1.69. The van der Waals surface area contributed by atoms with Crippen molar-refractivity contribution in [3.05, 3.63) is 16.3 Å². The van der Waals surface area contributed by atoms with E-state index in [1.54, 1.807) is 22.7 Å². The summed E-state index contributed by atoms with van der Waals surface area (Å²) in [5.41, 5.74) is 0.506. The van der Waals surface area contributed by atoms with E-state index in [4.69, 9.17) is 5.11 Å². The van der Waals surface area contributed by atoms with Gasteiger partial charge in [-0.1, -0.05) is 0 Å². The molecule has 1 rings (SSSR count). The van der Waals surface area contributed by atoms with Crippen LogP contribution in [0.25, 0.3) is 0 Å². The molecule has 0 amide bonds. The van der Waals surface area contributed by atoms with E-state index >= 15 is 0 Å². The second-order valence-electron chi connectivity index (χ2n) is 2.65. The number of rotatable bonds is 3. The monoisotopic (exact) mass is 198 g/mol. The van der Waals surface area contributed by atoms with Crippen molar-refractivity contribution in [1.29, 1.82) is 0 Å². The zero-order valence-electron chi connectivity index (χ0n) is 7.39. The summed E-state index contributed by atoms with van der Waals surface area (Å²) in [5.74, 6) is -0.930. The SMILES string of the molecule is CN(C)C=Nc1ccsc1C(=O)O. The molecule has 0 aromatic carbocycles. The first kappa shape index (κ1) is 9.73. The fraction of sp³-hybridized carbons (Fsp3) is 0.250. The van der Waals surface area contributed by atoms with Crippen molar-refractivity contribution in [2.45, 2.75) is 0 Å². The van der Waals surface area contributed by atoms with Crippen LogP contribution >= 0.6 is 11.3 Å². The van der Waals surface area contributed by atoms with Gasteiger partial charge in [0.05, 0.1) is 12.0 Å². The first-order valence-corrected chi connectivity index (χ1v) is 4.50. The molecule has 0 fully saturated rings. The van der Waals surface area contributed by atoms with Gasteiger partial charge >= 0.3 is 5.97 Å². The number of aromatic carboxylic acids is 1. The van der Waals surface area contributed by atoms with Gasteiger partial charge in [-0.2, -0.15) is 0 Å². The molecule has 1 aromatic rings. The number of carboxylic acid groups (broad SMARTS) is 1. The molecule has 0 saturated heterocycles. The van der Waals surface area contributed by atoms with Crippen molar-refractivity contribution >= 4 is 29.3 Å². The number of hydrogen-bond acceptors (Lipinski definition) is 3. The molecule has 0 saturated carbocycles. The summed E-state index contributed by atoms with van der Waals surface area (Å²) in [6.07, 6.45) is 1.58. The zero-order chi connectivity index (χ0) is 9.84. The van der Waals surface area contributed by atoms with E-state index in [1.807, 2.05) is 14.1 Å². The van der Waals surface area contributed by atoms with Crippen molar-refractivity contribution in [2.24, 2.45) is 4.99 Å². The molecule has 1 aromatic heterocycles. The van der Waals surface area contributed by atoms with Gasteiger partial charge in [0, 0.05) is 14.1 Å². The van der Waals surface area contributed by atoms with Gasteiger partial charge in [-0.15, -0.1) is 11.3 Å². The minimum absolute atomic E-state index is 0.276. The lowest BCUT2D eigenvalue weighted by atomic mass is 10.4. The molecule has 0 spiro atoms. The van der Waals surface area contributed by atoms with Crippen molar-refractivity contribution in [3.8, 4) is 0 Å². The van der Waals surface area contributed by atoms with Crippen LogP contribution in [0.3, 0.4) is 0 Å². The molecule has 0 unspecified atom stereocenters. The maximum absolute atomic E-state index is 10.7. The summed E-state index contributed by atoms with van der Waals surface area (Å²) >= 11 is 1.18. The molecule has 0 bridgehead atoms. The Morgan fingerprint density at radius 1 is 1.69 bits per heavy atom. The van der Waals surface area contributed by atoms with Crippen LogP contribution in [0.1, 0.15) is 9.67 Å². The Morgan fingerprint density at radius 2 is 2.38 bits per heavy atom. The molecular formula is C8H10N2O2S. The van der Waals surface area contributed by atoms with Crippen LogP contribution in [0, 0.1) is 0 Å². The van der Waals surface area contributed by atoms with Crippen LogP contribution in [0.5, 0.6) is 0 Å². The molecule has 13 heavy (non-hydrogen) atoms. The standard InChI is InChI=1S/C8H10N2O2S/c1-10(2)5-9-6-3-4-13-7(6)8(11)12/h3-5H,1-2H3,(H,11,12). The van der Waals surface area contributed by atoms with Crippen molar-refractivity contribution in [2.75, 3.05) is 14.1 Å². The molecule has 4 nitrogen and oxygen atoms in total. The highest BCUT2D eigenvalue weighted by Gasteiger charge is 2.09. The molecular weight excluding hydrogens is 188 g/mol. The van der Waals surface area contributed by atoms with E-state index in [9.17, 15) is 4.79 Å². The van der Waals surface area contributed by atoms with E-state index in [0.29, 0.717) is 5.69 Å². The van der Waals surface area contributed by atoms with Gasteiger partial charge in [-0.05, 0) is 11.4 Å². The van der Waals surface area contributed by atoms with Crippen LogP contribution in [0.2, 0.25) is 0 Å². The van der Waals surface area contributed by atoms with Gasteiger partial charge in [-0.3, -0.25) is 0 Å². The second-order valence-corrected chi connectivity index (χ2v) is 3.56. The van der Waals surface area contributed by atoms with Crippen molar-refractivity contribution < 1.29 is 9.90 Å². The van der Waals surface area contributed by atoms with Crippen molar-refractivity contribution in [3.63, 3.8) is 0 Å². The van der Waals surface area contributed by atoms with Crippen LogP contribution in [0.15, 0.2) is 16.4 Å². The van der Waals surface area contributed by atoms with Gasteiger partial charge in [0.2, 0.25) is 0 Å². The lowest BCUT2D eigenvalue weighted by molar-refractivity contribution is 0.0703. The van der Waals surface area contributed by atoms with Crippen molar-refractivity contribution in [1.82, 2.24) is 4.90 Å². The lowest BCUT2D eigenvalue weighted by Gasteiger charge is -2.01. The third-order valence-corrected chi connectivity index (χ3v) is 2.16. The molecule has 0 aliphatic rings. The van der Waals surface area contributed by atoms with E-state index < -0.39 is 5.97 Å². The van der Waals surface area contributed by atoms with Gasteiger partial charge in [-0.25, -0.2) is 9.79 Å². The minimum Gasteiger partial charge on any atom is -0.477 e. The highest BCUT2D eigenvalue weighted by Crippen LogP contribution is 2.24. The maximum atomic E-state index is 10.7. The molecule has 0 aliphatic heterocycles. The highest BCUT2D eigenvalue weighted by atomic mass is 32.1. The Balaban J connectivity index is 2.88. The molecule has 1 N–H and O–H groups in total. The first-order chi connectivity index (χ1) is 6.11. The average Bonchev–Trinajstić information content (AvgIpc) is 2.47. The Bertz CT molecular complexity index is 331. The van der Waals surface area contributed by atoms with Gasteiger partial charge < -0.3 is 10.0 Å². The topological polar surface area (TPSA) is 52.9 Å². The Kier molecular flexibility index (Phi) is 3.02. The van der Waals surface area contributed by atoms with Gasteiger partial charge in [0.15, 0.2) is 0 Å². The number of nitrogens with zero attached hydrogens (tertiary/aromatic N) is 2. The fourth-order valence-corrected chi connectivity index (χ4v) is 1.42. The predicted molar refractivity (Wildman–Crippen MR) is 53.1 cm³/mol. The largest absolute Gasteiger partial charge is 0.477 e. The number of carboxylic acids is 1. The maximum Gasteiger partial charge on any atom is 0.348 e. The van der Waals surface area contributed by atoms with E-state index in [2.05, 4.69) is 4.99 Å². The molecule has 0 atom stereocenters. The number of carbonyl (C=O) groups is 1. The van der Waals surface area contributed by atoms with Crippen LogP contribution in [-0.2, 0) is 0 Å². The summed E-state index contributed by atoms with van der Waals surface area (Å²) < 4.78 is 0. The fourth-order valence-electron chi connectivity index (χ4n) is 0.742. The van der Waals surface area contributed by atoms with Gasteiger partial charge in [0.1, 0.15) is 4.88 Å².